The summed E-state index contributed by atoms with van der Waals surface area (Å²) in [7, 11) is 0. The molecule has 0 unspecified atom stereocenters. The smallest absolute Gasteiger partial charge is 0.341 e. The zero-order valence-corrected chi connectivity index (χ0v) is 16.9. The number of aryl methyl sites for hydroxylation is 2. The molecule has 0 atom stereocenters. The van der Waals surface area contributed by atoms with Crippen molar-refractivity contribution in [2.24, 2.45) is 0 Å². The van der Waals surface area contributed by atoms with Gasteiger partial charge in [0, 0.05) is 28.0 Å². The number of anilines is 2. The first-order valence-corrected chi connectivity index (χ1v) is 8.84. The van der Waals surface area contributed by atoms with Crippen molar-refractivity contribution < 1.29 is 9.53 Å². The molecule has 2 heterocycles. The number of aromatic nitrogens is 2. The second-order valence-corrected chi connectivity index (χ2v) is 6.53. The number of nitrogens with zero attached hydrogens (tertiary/aromatic N) is 2. The summed E-state index contributed by atoms with van der Waals surface area (Å²) >= 11 is 6.05. The summed E-state index contributed by atoms with van der Waals surface area (Å²) in [4.78, 5) is 21.3. The van der Waals surface area contributed by atoms with Crippen LogP contribution in [0.4, 0.5) is 11.4 Å². The van der Waals surface area contributed by atoms with Crippen molar-refractivity contribution in [2.45, 2.75) is 27.2 Å². The van der Waals surface area contributed by atoms with E-state index in [2.05, 4.69) is 15.3 Å². The molecule has 1 N–H and O–H groups in total. The monoisotopic (exact) mass is 405 g/mol. The number of ether oxygens (including phenoxy) is 1. The fraction of sp³-hybridized carbons (Fsp3) is 0.250. The van der Waals surface area contributed by atoms with Crippen molar-refractivity contribution >= 4 is 52.4 Å². The topological polar surface area (TPSA) is 64.1 Å². The molecule has 27 heavy (non-hydrogen) atoms. The van der Waals surface area contributed by atoms with E-state index >= 15 is 0 Å². The lowest BCUT2D eigenvalue weighted by Gasteiger charge is -2.16. The average molecular weight is 406 g/mol. The highest BCUT2D eigenvalue weighted by Crippen LogP contribution is 2.31. The number of hydrogen-bond donors (Lipinski definition) is 1. The Kier molecular flexibility index (Phi) is 6.99. The molecule has 0 spiro atoms. The van der Waals surface area contributed by atoms with Gasteiger partial charge in [0.1, 0.15) is 5.56 Å². The summed E-state index contributed by atoms with van der Waals surface area (Å²) in [5.41, 5.74) is 4.27. The van der Waals surface area contributed by atoms with Crippen LogP contribution in [-0.4, -0.2) is 22.5 Å². The van der Waals surface area contributed by atoms with Crippen LogP contribution in [0.3, 0.4) is 0 Å². The minimum Gasteiger partial charge on any atom is -0.462 e. The Bertz CT molecular complexity index is 977. The summed E-state index contributed by atoms with van der Waals surface area (Å²) in [6.07, 6.45) is 2.27. The molecule has 0 fully saturated rings. The first-order valence-electron chi connectivity index (χ1n) is 8.46. The number of rotatable bonds is 5. The average Bonchev–Trinajstić information content (AvgIpc) is 2.61. The predicted octanol–water partition coefficient (Wildman–Crippen LogP) is 5.63. The first-order chi connectivity index (χ1) is 12.5. The number of carbonyl (C=O) groups excluding carboxylic acids is 1. The van der Waals surface area contributed by atoms with Gasteiger partial charge in [-0.25, -0.2) is 14.8 Å². The van der Waals surface area contributed by atoms with Crippen LogP contribution in [0, 0.1) is 13.8 Å². The van der Waals surface area contributed by atoms with Gasteiger partial charge in [-0.05, 0) is 56.2 Å². The van der Waals surface area contributed by atoms with Crippen molar-refractivity contribution in [2.75, 3.05) is 11.9 Å². The number of esters is 1. The van der Waals surface area contributed by atoms with Crippen LogP contribution in [0.15, 0.2) is 36.5 Å². The van der Waals surface area contributed by atoms with Crippen LogP contribution in [0.2, 0.25) is 5.02 Å². The lowest BCUT2D eigenvalue weighted by atomic mass is 10.1. The highest BCUT2D eigenvalue weighted by Gasteiger charge is 2.18. The minimum absolute atomic E-state index is 0. The van der Waals surface area contributed by atoms with Crippen LogP contribution in [0.5, 0.6) is 0 Å². The van der Waals surface area contributed by atoms with Crippen LogP contribution in [0.1, 0.15) is 35.0 Å². The molecule has 142 valence electrons. The van der Waals surface area contributed by atoms with Gasteiger partial charge < -0.3 is 10.1 Å². The van der Waals surface area contributed by atoms with E-state index in [9.17, 15) is 4.79 Å². The highest BCUT2D eigenvalue weighted by atomic mass is 35.5. The maximum Gasteiger partial charge on any atom is 0.341 e. The highest BCUT2D eigenvalue weighted by molar-refractivity contribution is 6.30. The SMILES string of the molecule is CCCOC(=O)c1cnc2nc(C)ccc2c1Nc1ccc(Cl)cc1C.Cl. The summed E-state index contributed by atoms with van der Waals surface area (Å²) in [6, 6.07) is 9.36. The fourth-order valence-electron chi connectivity index (χ4n) is 2.64. The molecule has 7 heteroatoms. The van der Waals surface area contributed by atoms with Crippen molar-refractivity contribution in [3.05, 3.63) is 58.4 Å². The number of carbonyl (C=O) groups is 1. The van der Waals surface area contributed by atoms with E-state index < -0.39 is 5.97 Å². The number of halogens is 2. The van der Waals surface area contributed by atoms with Gasteiger partial charge in [-0.3, -0.25) is 0 Å². The van der Waals surface area contributed by atoms with Gasteiger partial charge in [0.15, 0.2) is 5.65 Å². The van der Waals surface area contributed by atoms with E-state index in [0.717, 1.165) is 28.8 Å². The van der Waals surface area contributed by atoms with E-state index in [-0.39, 0.29) is 12.4 Å². The van der Waals surface area contributed by atoms with Crippen molar-refractivity contribution in [1.82, 2.24) is 9.97 Å². The van der Waals surface area contributed by atoms with E-state index in [0.29, 0.717) is 28.5 Å². The van der Waals surface area contributed by atoms with E-state index in [1.807, 2.05) is 45.0 Å². The molecule has 0 radical (unpaired) electrons. The Balaban J connectivity index is 0.00000261. The van der Waals surface area contributed by atoms with Crippen molar-refractivity contribution in [3.8, 4) is 0 Å². The number of fused-ring (bicyclic) bond motifs is 1. The molecule has 3 aromatic rings. The van der Waals surface area contributed by atoms with Crippen molar-refractivity contribution in [3.63, 3.8) is 0 Å². The number of nitrogens with one attached hydrogen (secondary N) is 1. The van der Waals surface area contributed by atoms with E-state index in [1.54, 1.807) is 6.07 Å². The second-order valence-electron chi connectivity index (χ2n) is 6.09. The third-order valence-corrected chi connectivity index (χ3v) is 4.21. The first kappa shape index (κ1) is 20.9. The van der Waals surface area contributed by atoms with Crippen LogP contribution in [-0.2, 0) is 4.74 Å². The fourth-order valence-corrected chi connectivity index (χ4v) is 2.86. The lowest BCUT2D eigenvalue weighted by Crippen LogP contribution is -2.10. The van der Waals surface area contributed by atoms with Gasteiger partial charge >= 0.3 is 5.97 Å². The van der Waals surface area contributed by atoms with Gasteiger partial charge in [-0.15, -0.1) is 12.4 Å². The summed E-state index contributed by atoms with van der Waals surface area (Å²) in [6.45, 7) is 6.17. The molecule has 1 aromatic carbocycles. The number of benzene rings is 1. The van der Waals surface area contributed by atoms with E-state index in [4.69, 9.17) is 16.3 Å². The molecule has 0 saturated heterocycles. The molecule has 0 aliphatic heterocycles. The zero-order valence-electron chi connectivity index (χ0n) is 15.4. The van der Waals surface area contributed by atoms with Gasteiger partial charge in [0.05, 0.1) is 12.3 Å². The molecule has 3 rings (SSSR count). The minimum atomic E-state index is -0.407. The summed E-state index contributed by atoms with van der Waals surface area (Å²) in [5, 5.41) is 4.77. The number of hydrogen-bond acceptors (Lipinski definition) is 5. The molecule has 0 bridgehead atoms. The Labute approximate surface area is 169 Å². The van der Waals surface area contributed by atoms with Gasteiger partial charge in [-0.1, -0.05) is 18.5 Å². The second kappa shape index (κ2) is 9.02. The molecule has 0 saturated carbocycles. The zero-order chi connectivity index (χ0) is 18.7. The molecular formula is C20H21Cl2N3O2. The number of pyridine rings is 2. The Morgan fingerprint density at radius 1 is 1.22 bits per heavy atom. The van der Waals surface area contributed by atoms with Gasteiger partial charge in [-0.2, -0.15) is 0 Å². The third-order valence-electron chi connectivity index (χ3n) is 3.97. The Morgan fingerprint density at radius 2 is 2.00 bits per heavy atom. The third kappa shape index (κ3) is 4.67. The Morgan fingerprint density at radius 3 is 2.70 bits per heavy atom. The lowest BCUT2D eigenvalue weighted by molar-refractivity contribution is 0.0506. The molecule has 5 nitrogen and oxygen atoms in total. The van der Waals surface area contributed by atoms with Crippen LogP contribution in [0.25, 0.3) is 11.0 Å². The van der Waals surface area contributed by atoms with Gasteiger partial charge in [0.25, 0.3) is 0 Å². The van der Waals surface area contributed by atoms with E-state index in [1.165, 1.54) is 6.20 Å². The Hall–Kier alpha value is -2.37. The predicted molar refractivity (Wildman–Crippen MR) is 112 cm³/mol. The van der Waals surface area contributed by atoms with Crippen molar-refractivity contribution in [1.29, 1.82) is 0 Å². The normalized spacial score (nSPS) is 10.4. The molecule has 0 amide bonds. The molecule has 2 aromatic heterocycles. The maximum atomic E-state index is 12.5. The molecular weight excluding hydrogens is 385 g/mol. The molecule has 0 aliphatic carbocycles. The molecule has 0 aliphatic rings. The summed E-state index contributed by atoms with van der Waals surface area (Å²) < 4.78 is 5.32. The van der Waals surface area contributed by atoms with Gasteiger partial charge in [0.2, 0.25) is 0 Å². The standard InChI is InChI=1S/C20H20ClN3O2.ClH/c1-4-9-26-20(25)16-11-22-19-15(7-5-13(3)23-19)18(16)24-17-8-6-14(21)10-12(17)2;/h5-8,10-11H,4,9H2,1-3H3,(H,22,23,24);1H. The quantitative estimate of drug-likeness (QED) is 0.556. The maximum absolute atomic E-state index is 12.5. The van der Waals surface area contributed by atoms with Crippen LogP contribution >= 0.6 is 24.0 Å². The van der Waals surface area contributed by atoms with Crippen LogP contribution < -0.4 is 5.32 Å². The largest absolute Gasteiger partial charge is 0.462 e. The summed E-state index contributed by atoms with van der Waals surface area (Å²) in [5.74, 6) is -0.407.